The summed E-state index contributed by atoms with van der Waals surface area (Å²) in [5.74, 6) is 0.0139. The predicted molar refractivity (Wildman–Crippen MR) is 162 cm³/mol. The number of ether oxygens (including phenoxy) is 1. The fourth-order valence-electron chi connectivity index (χ4n) is 4.51. The minimum atomic E-state index is -0.722. The Balaban J connectivity index is 1.35. The summed E-state index contributed by atoms with van der Waals surface area (Å²) in [6, 6.07) is 20.0. The third kappa shape index (κ3) is 5.93. The Morgan fingerprint density at radius 1 is 0.976 bits per heavy atom. The second-order valence-corrected chi connectivity index (χ2v) is 10.5. The third-order valence-corrected chi connectivity index (χ3v) is 7.57. The molecular weight excluding hydrogens is 558 g/mol. The van der Waals surface area contributed by atoms with Crippen LogP contribution in [0.25, 0.3) is 11.8 Å². The number of nitro benzene ring substituents is 2. The number of aromatic nitrogens is 1. The normalized spacial score (nSPS) is 14.8. The summed E-state index contributed by atoms with van der Waals surface area (Å²) in [7, 11) is 0. The van der Waals surface area contributed by atoms with Crippen molar-refractivity contribution in [1.82, 2.24) is 9.88 Å². The summed E-state index contributed by atoms with van der Waals surface area (Å²) in [5.41, 5.74) is 4.63. The average molecular weight is 584 g/mol. The molecule has 4 aromatic rings. The first-order valence-electron chi connectivity index (χ1n) is 12.9. The van der Waals surface area contributed by atoms with E-state index >= 15 is 0 Å². The molecule has 1 fully saturated rings. The van der Waals surface area contributed by atoms with Gasteiger partial charge in [0.2, 0.25) is 5.75 Å². The van der Waals surface area contributed by atoms with Crippen molar-refractivity contribution in [2.24, 2.45) is 4.99 Å². The van der Waals surface area contributed by atoms with Crippen LogP contribution in [0.1, 0.15) is 29.4 Å². The SMILES string of the molecule is CCc1ccc(N=C2NC(=O)/C(=C/c3cc(C)n(-c4ccc(Oc5ccc([N+](=O)[O-])cc5[N+](=O)[O-])cc4)c3C)S2)cc1. The maximum absolute atomic E-state index is 12.7. The number of rotatable bonds is 8. The number of amidine groups is 1. The lowest BCUT2D eigenvalue weighted by molar-refractivity contribution is -0.394. The number of aryl methyl sites for hydroxylation is 2. The van der Waals surface area contributed by atoms with E-state index in [1.54, 1.807) is 24.3 Å². The number of hydrogen-bond donors (Lipinski definition) is 1. The van der Waals surface area contributed by atoms with Gasteiger partial charge in [0.05, 0.1) is 26.5 Å². The first-order valence-corrected chi connectivity index (χ1v) is 13.7. The molecule has 0 bridgehead atoms. The molecule has 5 rings (SSSR count). The molecular formula is C30H25N5O6S. The van der Waals surface area contributed by atoms with Crippen LogP contribution in [0.2, 0.25) is 0 Å². The van der Waals surface area contributed by atoms with E-state index in [4.69, 9.17) is 4.74 Å². The second kappa shape index (κ2) is 11.7. The molecule has 212 valence electrons. The number of nitrogens with zero attached hydrogens (tertiary/aromatic N) is 4. The van der Waals surface area contributed by atoms with E-state index in [9.17, 15) is 25.0 Å². The topological polar surface area (TPSA) is 142 Å². The van der Waals surface area contributed by atoms with Gasteiger partial charge < -0.3 is 14.6 Å². The van der Waals surface area contributed by atoms with Gasteiger partial charge in [0.15, 0.2) is 5.17 Å². The average Bonchev–Trinajstić information content (AvgIpc) is 3.45. The molecule has 12 heteroatoms. The second-order valence-electron chi connectivity index (χ2n) is 9.43. The highest BCUT2D eigenvalue weighted by atomic mass is 32.2. The van der Waals surface area contributed by atoms with Crippen molar-refractivity contribution in [2.75, 3.05) is 0 Å². The van der Waals surface area contributed by atoms with Gasteiger partial charge in [0.1, 0.15) is 5.75 Å². The number of thioether (sulfide) groups is 1. The van der Waals surface area contributed by atoms with E-state index in [-0.39, 0.29) is 11.7 Å². The quantitative estimate of drug-likeness (QED) is 0.132. The molecule has 2 heterocycles. The van der Waals surface area contributed by atoms with Crippen molar-refractivity contribution >= 4 is 46.0 Å². The molecule has 11 nitrogen and oxygen atoms in total. The summed E-state index contributed by atoms with van der Waals surface area (Å²) >= 11 is 1.29. The zero-order valence-corrected chi connectivity index (χ0v) is 23.7. The number of nitro groups is 2. The summed E-state index contributed by atoms with van der Waals surface area (Å²) in [6.45, 7) is 5.99. The fourth-order valence-corrected chi connectivity index (χ4v) is 5.35. The molecule has 1 aliphatic rings. The Morgan fingerprint density at radius 3 is 2.33 bits per heavy atom. The van der Waals surface area contributed by atoms with Gasteiger partial charge in [-0.15, -0.1) is 0 Å². The summed E-state index contributed by atoms with van der Waals surface area (Å²) in [4.78, 5) is 38.8. The zero-order chi connectivity index (χ0) is 30.0. The molecule has 3 aromatic carbocycles. The summed E-state index contributed by atoms with van der Waals surface area (Å²) in [6.07, 6.45) is 2.78. The minimum Gasteiger partial charge on any atom is -0.450 e. The van der Waals surface area contributed by atoms with E-state index in [0.29, 0.717) is 15.8 Å². The van der Waals surface area contributed by atoms with Crippen LogP contribution < -0.4 is 10.1 Å². The predicted octanol–water partition coefficient (Wildman–Crippen LogP) is 7.16. The largest absolute Gasteiger partial charge is 0.450 e. The molecule has 0 aliphatic carbocycles. The number of amides is 1. The number of carbonyl (C=O) groups excluding carboxylic acids is 1. The van der Waals surface area contributed by atoms with Gasteiger partial charge in [-0.25, -0.2) is 4.99 Å². The van der Waals surface area contributed by atoms with Crippen LogP contribution in [0.4, 0.5) is 17.1 Å². The lowest BCUT2D eigenvalue weighted by Crippen LogP contribution is -2.19. The van der Waals surface area contributed by atoms with E-state index in [1.165, 1.54) is 23.4 Å². The first kappa shape index (κ1) is 28.3. The van der Waals surface area contributed by atoms with Crippen molar-refractivity contribution in [1.29, 1.82) is 0 Å². The number of nitrogens with one attached hydrogen (secondary N) is 1. The van der Waals surface area contributed by atoms with Crippen LogP contribution in [0.15, 0.2) is 82.7 Å². The number of hydrogen-bond acceptors (Lipinski definition) is 8. The van der Waals surface area contributed by atoms with Gasteiger partial charge in [-0.2, -0.15) is 0 Å². The van der Waals surface area contributed by atoms with Crippen molar-refractivity contribution < 1.29 is 19.4 Å². The maximum Gasteiger partial charge on any atom is 0.318 e. The van der Waals surface area contributed by atoms with Gasteiger partial charge in [0, 0.05) is 23.1 Å². The number of carbonyl (C=O) groups is 1. The van der Waals surface area contributed by atoms with E-state index in [1.807, 2.05) is 54.8 Å². The minimum absolute atomic E-state index is 0.103. The van der Waals surface area contributed by atoms with Crippen LogP contribution in [-0.2, 0) is 11.2 Å². The van der Waals surface area contributed by atoms with Gasteiger partial charge >= 0.3 is 5.69 Å². The van der Waals surface area contributed by atoms with Crippen LogP contribution in [0.5, 0.6) is 11.5 Å². The smallest absolute Gasteiger partial charge is 0.318 e. The Hall–Kier alpha value is -5.23. The highest BCUT2D eigenvalue weighted by molar-refractivity contribution is 8.18. The van der Waals surface area contributed by atoms with Crippen LogP contribution >= 0.6 is 11.8 Å². The van der Waals surface area contributed by atoms with Crippen LogP contribution in [-0.4, -0.2) is 25.5 Å². The van der Waals surface area contributed by atoms with Gasteiger partial charge in [-0.1, -0.05) is 19.1 Å². The first-order chi connectivity index (χ1) is 20.1. The number of non-ortho nitro benzene ring substituents is 1. The molecule has 0 atom stereocenters. The summed E-state index contributed by atoms with van der Waals surface area (Å²) in [5, 5.41) is 25.8. The fraction of sp³-hybridized carbons (Fsp3) is 0.133. The molecule has 42 heavy (non-hydrogen) atoms. The third-order valence-electron chi connectivity index (χ3n) is 6.66. The summed E-state index contributed by atoms with van der Waals surface area (Å²) < 4.78 is 7.71. The lowest BCUT2D eigenvalue weighted by atomic mass is 10.2. The highest BCUT2D eigenvalue weighted by Crippen LogP contribution is 2.35. The molecule has 1 aliphatic heterocycles. The van der Waals surface area contributed by atoms with Crippen molar-refractivity contribution in [3.05, 3.63) is 120 Å². The molecule has 0 saturated carbocycles. The zero-order valence-electron chi connectivity index (χ0n) is 22.9. The number of benzene rings is 3. The van der Waals surface area contributed by atoms with Crippen molar-refractivity contribution in [3.8, 4) is 17.2 Å². The Bertz CT molecular complexity index is 1780. The van der Waals surface area contributed by atoms with E-state index < -0.39 is 21.2 Å². The lowest BCUT2D eigenvalue weighted by Gasteiger charge is -2.11. The Kier molecular flexibility index (Phi) is 7.89. The molecule has 0 unspecified atom stereocenters. The Morgan fingerprint density at radius 2 is 1.69 bits per heavy atom. The van der Waals surface area contributed by atoms with E-state index in [2.05, 4.69) is 17.2 Å². The maximum atomic E-state index is 12.7. The van der Waals surface area contributed by atoms with Crippen molar-refractivity contribution in [3.63, 3.8) is 0 Å². The van der Waals surface area contributed by atoms with Gasteiger partial charge in [-0.3, -0.25) is 25.0 Å². The molecule has 0 radical (unpaired) electrons. The molecule has 1 amide bonds. The van der Waals surface area contributed by atoms with Crippen LogP contribution in [0, 0.1) is 34.1 Å². The van der Waals surface area contributed by atoms with Crippen LogP contribution in [0.3, 0.4) is 0 Å². The molecule has 1 N–H and O–H groups in total. The van der Waals surface area contributed by atoms with Gasteiger partial charge in [0.25, 0.3) is 11.6 Å². The van der Waals surface area contributed by atoms with Gasteiger partial charge in [-0.05, 0) is 97.8 Å². The standard InChI is InChI=1S/C30H25N5O6S/c1-4-20-5-7-22(8-6-20)31-30-32-29(36)28(42-30)16-21-15-18(2)33(19(21)3)23-9-12-25(13-10-23)41-27-14-11-24(34(37)38)17-26(27)35(39)40/h5-17H,4H2,1-3H3,(H,31,32,36)/b28-16-. The molecule has 1 saturated heterocycles. The molecule has 0 spiro atoms. The van der Waals surface area contributed by atoms with Crippen molar-refractivity contribution in [2.45, 2.75) is 27.2 Å². The molecule has 1 aromatic heterocycles. The highest BCUT2D eigenvalue weighted by Gasteiger charge is 2.25. The Labute approximate surface area is 244 Å². The number of aliphatic imine (C=N–C) groups is 1. The monoisotopic (exact) mass is 583 g/mol. The van der Waals surface area contributed by atoms with E-state index in [0.717, 1.165) is 46.9 Å².